The molecule has 0 aliphatic heterocycles. The van der Waals surface area contributed by atoms with Crippen LogP contribution >= 0.6 is 0 Å². The number of rotatable bonds is 3. The van der Waals surface area contributed by atoms with Gasteiger partial charge in [-0.2, -0.15) is 0 Å². The first-order chi connectivity index (χ1) is 6.59. The van der Waals surface area contributed by atoms with Crippen LogP contribution < -0.4 is 0 Å². The highest BCUT2D eigenvalue weighted by Gasteiger charge is 1.95. The molecule has 0 aliphatic carbocycles. The summed E-state index contributed by atoms with van der Waals surface area (Å²) >= 11 is 0. The number of hydrogen-bond donors (Lipinski definition) is 2. The minimum Gasteiger partial charge on any atom is -0.508 e. The average molecular weight is 192 g/mol. The highest BCUT2D eigenvalue weighted by atomic mass is 16.4. The van der Waals surface area contributed by atoms with E-state index in [-0.39, 0.29) is 12.2 Å². The molecule has 0 saturated carbocycles. The first kappa shape index (κ1) is 10.3. The minimum atomic E-state index is -0.863. The normalized spacial score (nSPS) is 10.6. The third-order valence-electron chi connectivity index (χ3n) is 1.84. The Morgan fingerprint density at radius 1 is 1.50 bits per heavy atom. The predicted octanol–water partition coefficient (Wildman–Crippen LogP) is 2.19. The molecule has 1 rings (SSSR count). The lowest BCUT2D eigenvalue weighted by molar-refractivity contribution is -0.135. The molecule has 74 valence electrons. The topological polar surface area (TPSA) is 57.5 Å². The number of aryl methyl sites for hydroxylation is 1. The van der Waals surface area contributed by atoms with Crippen molar-refractivity contribution in [2.45, 2.75) is 13.3 Å². The van der Waals surface area contributed by atoms with Crippen molar-refractivity contribution in [2.75, 3.05) is 0 Å². The zero-order valence-corrected chi connectivity index (χ0v) is 7.90. The fraction of sp³-hybridized carbons (Fsp3) is 0.182. The zero-order chi connectivity index (χ0) is 10.6. The van der Waals surface area contributed by atoms with Crippen LogP contribution in [0.1, 0.15) is 17.5 Å². The number of hydrogen-bond acceptors (Lipinski definition) is 2. The molecule has 3 nitrogen and oxygen atoms in total. The van der Waals surface area contributed by atoms with Crippen LogP contribution in [-0.2, 0) is 4.79 Å². The molecule has 0 spiro atoms. The highest BCUT2D eigenvalue weighted by molar-refractivity contribution is 5.70. The molecule has 0 amide bonds. The number of carboxylic acids is 1. The van der Waals surface area contributed by atoms with E-state index in [0.717, 1.165) is 11.1 Å². The summed E-state index contributed by atoms with van der Waals surface area (Å²) in [6, 6.07) is 5.22. The summed E-state index contributed by atoms with van der Waals surface area (Å²) in [6.45, 7) is 1.81. The van der Waals surface area contributed by atoms with E-state index in [1.54, 1.807) is 31.2 Å². The van der Waals surface area contributed by atoms with Crippen molar-refractivity contribution in [3.05, 3.63) is 35.4 Å². The maximum Gasteiger partial charge on any atom is 0.307 e. The van der Waals surface area contributed by atoms with Crippen molar-refractivity contribution >= 4 is 12.0 Å². The van der Waals surface area contributed by atoms with Crippen LogP contribution in [0.5, 0.6) is 5.75 Å². The highest BCUT2D eigenvalue weighted by Crippen LogP contribution is 2.18. The van der Waals surface area contributed by atoms with Crippen molar-refractivity contribution in [1.82, 2.24) is 0 Å². The molecule has 0 atom stereocenters. The van der Waals surface area contributed by atoms with Gasteiger partial charge >= 0.3 is 5.97 Å². The molecular formula is C11H12O3. The summed E-state index contributed by atoms with van der Waals surface area (Å²) in [5.41, 5.74) is 1.61. The van der Waals surface area contributed by atoms with E-state index in [1.807, 2.05) is 6.07 Å². The second-order valence-corrected chi connectivity index (χ2v) is 3.05. The Labute approximate surface area is 82.3 Å². The van der Waals surface area contributed by atoms with E-state index < -0.39 is 5.97 Å². The Morgan fingerprint density at radius 2 is 2.21 bits per heavy atom. The van der Waals surface area contributed by atoms with Gasteiger partial charge in [0.05, 0.1) is 6.42 Å². The molecule has 2 N–H and O–H groups in total. The third kappa shape index (κ3) is 2.94. The average Bonchev–Trinajstić information content (AvgIpc) is 2.10. The molecule has 0 aliphatic rings. The van der Waals surface area contributed by atoms with Crippen LogP contribution in [0.4, 0.5) is 0 Å². The van der Waals surface area contributed by atoms with Crippen LogP contribution in [-0.4, -0.2) is 16.2 Å². The molecule has 14 heavy (non-hydrogen) atoms. The lowest BCUT2D eigenvalue weighted by Gasteiger charge is -1.98. The molecule has 0 heterocycles. The van der Waals surface area contributed by atoms with Crippen LogP contribution in [0.15, 0.2) is 24.3 Å². The summed E-state index contributed by atoms with van der Waals surface area (Å²) in [7, 11) is 0. The van der Waals surface area contributed by atoms with Gasteiger partial charge in [-0.15, -0.1) is 0 Å². The zero-order valence-electron chi connectivity index (χ0n) is 7.90. The van der Waals surface area contributed by atoms with Gasteiger partial charge in [0.15, 0.2) is 0 Å². The van der Waals surface area contributed by atoms with Gasteiger partial charge < -0.3 is 10.2 Å². The summed E-state index contributed by atoms with van der Waals surface area (Å²) in [5, 5.41) is 17.7. The third-order valence-corrected chi connectivity index (χ3v) is 1.84. The number of aliphatic carboxylic acids is 1. The summed E-state index contributed by atoms with van der Waals surface area (Å²) in [6.07, 6.45) is 3.22. The number of phenolic OH excluding ortho intramolecular Hbond substituents is 1. The number of carbonyl (C=O) groups is 1. The van der Waals surface area contributed by atoms with Crippen molar-refractivity contribution in [3.8, 4) is 5.75 Å². The first-order valence-electron chi connectivity index (χ1n) is 4.27. The second kappa shape index (κ2) is 4.46. The summed E-state index contributed by atoms with van der Waals surface area (Å²) in [5.74, 6) is -0.639. The van der Waals surface area contributed by atoms with Gasteiger partial charge in [0.2, 0.25) is 0 Å². The smallest absolute Gasteiger partial charge is 0.307 e. The fourth-order valence-corrected chi connectivity index (χ4v) is 1.03. The fourth-order valence-electron chi connectivity index (χ4n) is 1.03. The van der Waals surface area contributed by atoms with E-state index in [9.17, 15) is 9.90 Å². The molecule has 0 unspecified atom stereocenters. The Hall–Kier alpha value is -1.77. The quantitative estimate of drug-likeness (QED) is 0.771. The van der Waals surface area contributed by atoms with E-state index >= 15 is 0 Å². The Balaban J connectivity index is 2.73. The van der Waals surface area contributed by atoms with Crippen LogP contribution in [0.3, 0.4) is 0 Å². The Bertz CT molecular complexity index is 367. The predicted molar refractivity (Wildman–Crippen MR) is 54.1 cm³/mol. The van der Waals surface area contributed by atoms with E-state index in [0.29, 0.717) is 0 Å². The van der Waals surface area contributed by atoms with Gasteiger partial charge in [-0.05, 0) is 24.1 Å². The summed E-state index contributed by atoms with van der Waals surface area (Å²) < 4.78 is 0. The molecular weight excluding hydrogens is 180 g/mol. The maximum absolute atomic E-state index is 10.2. The second-order valence-electron chi connectivity index (χ2n) is 3.05. The van der Waals surface area contributed by atoms with Gasteiger partial charge in [0, 0.05) is 0 Å². The summed E-state index contributed by atoms with van der Waals surface area (Å²) in [4.78, 5) is 10.2. The SMILES string of the molecule is Cc1ccc(C=CCC(=O)O)cc1O. The molecule has 0 radical (unpaired) electrons. The number of phenols is 1. The molecule has 0 bridgehead atoms. The van der Waals surface area contributed by atoms with Crippen LogP contribution in [0.25, 0.3) is 6.08 Å². The van der Waals surface area contributed by atoms with E-state index in [2.05, 4.69) is 0 Å². The van der Waals surface area contributed by atoms with Gasteiger partial charge in [-0.1, -0.05) is 24.3 Å². The number of carboxylic acid groups (broad SMARTS) is 1. The Morgan fingerprint density at radius 3 is 2.79 bits per heavy atom. The largest absolute Gasteiger partial charge is 0.508 e. The standard InChI is InChI=1S/C11H12O3/c1-8-5-6-9(7-10(8)12)3-2-4-11(13)14/h2-3,5-7,12H,4H2,1H3,(H,13,14). The molecule has 0 saturated heterocycles. The van der Waals surface area contributed by atoms with Gasteiger partial charge in [0.1, 0.15) is 5.75 Å². The first-order valence-corrected chi connectivity index (χ1v) is 4.27. The molecule has 3 heteroatoms. The van der Waals surface area contributed by atoms with E-state index in [4.69, 9.17) is 5.11 Å². The van der Waals surface area contributed by atoms with Crippen LogP contribution in [0.2, 0.25) is 0 Å². The van der Waals surface area contributed by atoms with Crippen molar-refractivity contribution in [2.24, 2.45) is 0 Å². The van der Waals surface area contributed by atoms with Crippen LogP contribution in [0, 0.1) is 6.92 Å². The lowest BCUT2D eigenvalue weighted by Crippen LogP contribution is -1.89. The van der Waals surface area contributed by atoms with Crippen molar-refractivity contribution in [1.29, 1.82) is 0 Å². The lowest BCUT2D eigenvalue weighted by atomic mass is 10.1. The maximum atomic E-state index is 10.2. The van der Waals surface area contributed by atoms with E-state index in [1.165, 1.54) is 0 Å². The molecule has 0 aromatic heterocycles. The molecule has 1 aromatic carbocycles. The van der Waals surface area contributed by atoms with Gasteiger partial charge in [0.25, 0.3) is 0 Å². The minimum absolute atomic E-state index is 0.00532. The Kier molecular flexibility index (Phi) is 3.29. The van der Waals surface area contributed by atoms with Crippen molar-refractivity contribution in [3.63, 3.8) is 0 Å². The molecule has 1 aromatic rings. The monoisotopic (exact) mass is 192 g/mol. The number of aromatic hydroxyl groups is 1. The number of benzene rings is 1. The van der Waals surface area contributed by atoms with Gasteiger partial charge in [-0.3, -0.25) is 4.79 Å². The molecule has 0 fully saturated rings. The van der Waals surface area contributed by atoms with Crippen molar-refractivity contribution < 1.29 is 15.0 Å². The van der Waals surface area contributed by atoms with Gasteiger partial charge in [-0.25, -0.2) is 0 Å².